The van der Waals surface area contributed by atoms with Gasteiger partial charge in [0, 0.05) is 11.6 Å². The van der Waals surface area contributed by atoms with Crippen LogP contribution in [0.3, 0.4) is 0 Å². The first-order chi connectivity index (χ1) is 14.0. The number of ether oxygens (including phenoxy) is 3. The molecule has 0 heterocycles. The Labute approximate surface area is 171 Å². The van der Waals surface area contributed by atoms with E-state index >= 15 is 0 Å². The summed E-state index contributed by atoms with van der Waals surface area (Å²) in [5, 5.41) is -0.859. The van der Waals surface area contributed by atoms with Crippen LogP contribution >= 0.6 is 0 Å². The van der Waals surface area contributed by atoms with Crippen molar-refractivity contribution in [3.8, 4) is 17.2 Å². The van der Waals surface area contributed by atoms with Crippen LogP contribution in [0.2, 0.25) is 0 Å². The first-order valence-electron chi connectivity index (χ1n) is 9.14. The summed E-state index contributed by atoms with van der Waals surface area (Å²) < 4.78 is 43.6. The molecular weight excluding hydrogens is 388 g/mol. The van der Waals surface area contributed by atoms with E-state index < -0.39 is 15.1 Å². The zero-order chi connectivity index (χ0) is 20.9. The summed E-state index contributed by atoms with van der Waals surface area (Å²) in [4.78, 5) is 0.262. The molecular formula is C23H24O5S. The summed E-state index contributed by atoms with van der Waals surface area (Å²) in [6.45, 7) is 0. The van der Waals surface area contributed by atoms with Gasteiger partial charge in [-0.1, -0.05) is 48.5 Å². The topological polar surface area (TPSA) is 61.8 Å². The van der Waals surface area contributed by atoms with E-state index in [4.69, 9.17) is 14.2 Å². The van der Waals surface area contributed by atoms with Crippen molar-refractivity contribution in [1.82, 2.24) is 0 Å². The third-order valence-corrected chi connectivity index (χ3v) is 6.89. The molecule has 6 heteroatoms. The van der Waals surface area contributed by atoms with E-state index in [1.165, 1.54) is 21.3 Å². The lowest BCUT2D eigenvalue weighted by atomic mass is 10.0. The molecule has 0 radical (unpaired) electrons. The minimum atomic E-state index is -3.71. The molecule has 1 atom stereocenters. The predicted octanol–water partition coefficient (Wildman–Crippen LogP) is 4.47. The molecule has 152 valence electrons. The fourth-order valence-electron chi connectivity index (χ4n) is 3.29. The van der Waals surface area contributed by atoms with Crippen molar-refractivity contribution in [2.45, 2.75) is 16.6 Å². The van der Waals surface area contributed by atoms with Gasteiger partial charge in [-0.2, -0.15) is 0 Å². The molecule has 0 aliphatic carbocycles. The van der Waals surface area contributed by atoms with Gasteiger partial charge in [0.15, 0.2) is 21.3 Å². The second kappa shape index (κ2) is 9.01. The molecule has 0 saturated heterocycles. The molecule has 0 amide bonds. The van der Waals surface area contributed by atoms with E-state index in [9.17, 15) is 8.42 Å². The van der Waals surface area contributed by atoms with Crippen molar-refractivity contribution < 1.29 is 22.6 Å². The van der Waals surface area contributed by atoms with E-state index in [2.05, 4.69) is 0 Å². The van der Waals surface area contributed by atoms with Gasteiger partial charge in [-0.15, -0.1) is 0 Å². The minimum absolute atomic E-state index is 0.262. The van der Waals surface area contributed by atoms with Crippen molar-refractivity contribution in [2.24, 2.45) is 0 Å². The SMILES string of the molecule is COc1cc(OC)c(C(Cc2ccccc2)S(=O)(=O)c2ccccc2)cc1OC. The number of hydrogen-bond acceptors (Lipinski definition) is 5. The van der Waals surface area contributed by atoms with Gasteiger partial charge in [-0.05, 0) is 30.2 Å². The van der Waals surface area contributed by atoms with Gasteiger partial charge in [0.05, 0.1) is 31.5 Å². The van der Waals surface area contributed by atoms with Crippen LogP contribution in [0.5, 0.6) is 17.2 Å². The van der Waals surface area contributed by atoms with Gasteiger partial charge in [-0.25, -0.2) is 8.42 Å². The third-order valence-electron chi connectivity index (χ3n) is 4.79. The zero-order valence-corrected chi connectivity index (χ0v) is 17.5. The quantitative estimate of drug-likeness (QED) is 0.546. The Kier molecular flexibility index (Phi) is 6.44. The highest BCUT2D eigenvalue weighted by Gasteiger charge is 2.33. The molecule has 0 bridgehead atoms. The van der Waals surface area contributed by atoms with Gasteiger partial charge in [0.1, 0.15) is 5.75 Å². The Morgan fingerprint density at radius 1 is 0.724 bits per heavy atom. The van der Waals surface area contributed by atoms with Crippen molar-refractivity contribution in [3.05, 3.63) is 83.9 Å². The van der Waals surface area contributed by atoms with E-state index in [1.807, 2.05) is 30.3 Å². The monoisotopic (exact) mass is 412 g/mol. The van der Waals surface area contributed by atoms with Crippen LogP contribution in [0.1, 0.15) is 16.4 Å². The van der Waals surface area contributed by atoms with Crippen LogP contribution in [-0.2, 0) is 16.3 Å². The van der Waals surface area contributed by atoms with E-state index in [1.54, 1.807) is 42.5 Å². The van der Waals surface area contributed by atoms with Crippen molar-refractivity contribution in [1.29, 1.82) is 0 Å². The van der Waals surface area contributed by atoms with Crippen LogP contribution in [0, 0.1) is 0 Å². The first-order valence-corrected chi connectivity index (χ1v) is 10.7. The predicted molar refractivity (Wildman–Crippen MR) is 113 cm³/mol. The Hall–Kier alpha value is -2.99. The highest BCUT2D eigenvalue weighted by atomic mass is 32.2. The second-order valence-electron chi connectivity index (χ2n) is 6.49. The maximum atomic E-state index is 13.6. The molecule has 0 N–H and O–H groups in total. The average molecular weight is 413 g/mol. The lowest BCUT2D eigenvalue weighted by Crippen LogP contribution is -2.17. The largest absolute Gasteiger partial charge is 0.496 e. The Morgan fingerprint density at radius 3 is 1.79 bits per heavy atom. The Bertz CT molecular complexity index is 1050. The van der Waals surface area contributed by atoms with Crippen molar-refractivity contribution in [3.63, 3.8) is 0 Å². The van der Waals surface area contributed by atoms with Gasteiger partial charge in [0.25, 0.3) is 0 Å². The van der Waals surface area contributed by atoms with Gasteiger partial charge < -0.3 is 14.2 Å². The molecule has 3 aromatic carbocycles. The summed E-state index contributed by atoms with van der Waals surface area (Å²) in [5.74, 6) is 1.36. The second-order valence-corrected chi connectivity index (χ2v) is 8.62. The number of rotatable bonds is 8. The molecule has 3 aromatic rings. The molecule has 0 aliphatic rings. The van der Waals surface area contributed by atoms with E-state index in [0.717, 1.165) is 5.56 Å². The smallest absolute Gasteiger partial charge is 0.185 e. The molecule has 0 spiro atoms. The van der Waals surface area contributed by atoms with Crippen LogP contribution in [0.4, 0.5) is 0 Å². The third kappa shape index (κ3) is 4.38. The highest BCUT2D eigenvalue weighted by Crippen LogP contribution is 2.42. The highest BCUT2D eigenvalue weighted by molar-refractivity contribution is 7.91. The van der Waals surface area contributed by atoms with Crippen LogP contribution in [0.25, 0.3) is 0 Å². The summed E-state index contributed by atoms with van der Waals surface area (Å²) >= 11 is 0. The van der Waals surface area contributed by atoms with Crippen molar-refractivity contribution >= 4 is 9.84 Å². The molecule has 5 nitrogen and oxygen atoms in total. The van der Waals surface area contributed by atoms with Crippen LogP contribution < -0.4 is 14.2 Å². The molecule has 0 aromatic heterocycles. The molecule has 29 heavy (non-hydrogen) atoms. The first kappa shape index (κ1) is 20.7. The van der Waals surface area contributed by atoms with Crippen LogP contribution in [0.15, 0.2) is 77.7 Å². The fraction of sp³-hybridized carbons (Fsp3) is 0.217. The Balaban J connectivity index is 2.21. The maximum absolute atomic E-state index is 13.6. The summed E-state index contributed by atoms with van der Waals surface area (Å²) in [5.41, 5.74) is 1.44. The Morgan fingerprint density at radius 2 is 1.24 bits per heavy atom. The maximum Gasteiger partial charge on any atom is 0.185 e. The average Bonchev–Trinajstić information content (AvgIpc) is 2.77. The summed E-state index contributed by atoms with van der Waals surface area (Å²) in [7, 11) is 0.854. The van der Waals surface area contributed by atoms with E-state index in [-0.39, 0.29) is 4.90 Å². The summed E-state index contributed by atoms with van der Waals surface area (Å²) in [6.07, 6.45) is 0.296. The zero-order valence-electron chi connectivity index (χ0n) is 16.7. The number of sulfone groups is 1. The molecule has 3 rings (SSSR count). The summed E-state index contributed by atoms with van der Waals surface area (Å²) in [6, 6.07) is 21.3. The fourth-order valence-corrected chi connectivity index (χ4v) is 5.09. The molecule has 1 unspecified atom stereocenters. The minimum Gasteiger partial charge on any atom is -0.496 e. The number of methoxy groups -OCH3 is 3. The molecule has 0 fully saturated rings. The van der Waals surface area contributed by atoms with Gasteiger partial charge in [0.2, 0.25) is 0 Å². The molecule has 0 aliphatic heterocycles. The van der Waals surface area contributed by atoms with Crippen molar-refractivity contribution in [2.75, 3.05) is 21.3 Å². The normalized spacial score (nSPS) is 12.2. The lowest BCUT2D eigenvalue weighted by Gasteiger charge is -2.22. The standard InChI is InChI=1S/C23H24O5S/c1-26-20-16-22(28-3)21(27-2)15-19(20)23(14-17-10-6-4-7-11-17)29(24,25)18-12-8-5-9-13-18/h4-13,15-16,23H,14H2,1-3H3. The van der Waals surface area contributed by atoms with Gasteiger partial charge in [-0.3, -0.25) is 0 Å². The van der Waals surface area contributed by atoms with E-state index in [0.29, 0.717) is 29.2 Å². The van der Waals surface area contributed by atoms with Gasteiger partial charge >= 0.3 is 0 Å². The van der Waals surface area contributed by atoms with Crippen LogP contribution in [-0.4, -0.2) is 29.7 Å². The molecule has 0 saturated carbocycles. The lowest BCUT2D eigenvalue weighted by molar-refractivity contribution is 0.347. The number of benzene rings is 3. The number of hydrogen-bond donors (Lipinski definition) is 0.